The Morgan fingerprint density at radius 1 is 0.429 bits per heavy atom. The van der Waals surface area contributed by atoms with E-state index in [2.05, 4.69) is 24.5 Å². The van der Waals surface area contributed by atoms with Crippen molar-refractivity contribution in [1.29, 1.82) is 0 Å². The minimum absolute atomic E-state index is 0.822. The average molecular weight is 591 g/mol. The molecular weight excluding hydrogens is 516 g/mol. The van der Waals surface area contributed by atoms with Crippen molar-refractivity contribution >= 4 is 12.8 Å². The van der Waals surface area contributed by atoms with E-state index in [-0.39, 0.29) is 0 Å². The number of unbranched alkanes of at least 4 members (excludes halogenated alkanes) is 18. The van der Waals surface area contributed by atoms with Gasteiger partial charge in [0.1, 0.15) is 0 Å². The Labute approximate surface area is 263 Å². The summed E-state index contributed by atoms with van der Waals surface area (Å²) in [5.41, 5.74) is 0. The first-order valence-electron chi connectivity index (χ1n) is 19.1. The third-order valence-corrected chi connectivity index (χ3v) is 10.4. The van der Waals surface area contributed by atoms with Crippen molar-refractivity contribution in [2.45, 2.75) is 194 Å². The fourth-order valence-corrected chi connectivity index (χ4v) is 7.94. The lowest BCUT2D eigenvalue weighted by atomic mass is 9.61. The van der Waals surface area contributed by atoms with E-state index in [9.17, 15) is 9.59 Å². The molecule has 248 valence electrons. The van der Waals surface area contributed by atoms with Crippen LogP contribution >= 0.6 is 0 Å². The lowest BCUT2D eigenvalue weighted by Gasteiger charge is -2.44. The first-order valence-corrected chi connectivity index (χ1v) is 19.1. The zero-order valence-corrected chi connectivity index (χ0v) is 28.5. The van der Waals surface area contributed by atoms with Crippen molar-refractivity contribution in [3.63, 3.8) is 0 Å². The van der Waals surface area contributed by atoms with Gasteiger partial charge in [0.15, 0.2) is 0 Å². The number of carbonyl (C=O) groups excluding carboxylic acids is 2. The largest absolute Gasteiger partial charge is 0.359 e. The molecule has 0 aromatic rings. The fraction of sp³-hybridized carbons (Fsp3) is 0.947. The Morgan fingerprint density at radius 3 is 1.14 bits per heavy atom. The molecule has 1 saturated carbocycles. The van der Waals surface area contributed by atoms with E-state index in [0.717, 1.165) is 62.4 Å². The SMILES string of the molecule is CCCCCCCC1C(CCCCC)CCC(CCCCCCCCCNC=O)C1CCCCCCCCCNC=O. The molecule has 0 bridgehead atoms. The van der Waals surface area contributed by atoms with Crippen LogP contribution < -0.4 is 10.6 Å². The van der Waals surface area contributed by atoms with Crippen LogP contribution in [-0.2, 0) is 9.59 Å². The van der Waals surface area contributed by atoms with Gasteiger partial charge in [-0.25, -0.2) is 0 Å². The van der Waals surface area contributed by atoms with Crippen molar-refractivity contribution in [1.82, 2.24) is 10.6 Å². The van der Waals surface area contributed by atoms with Crippen molar-refractivity contribution in [3.8, 4) is 0 Å². The van der Waals surface area contributed by atoms with E-state index in [4.69, 9.17) is 0 Å². The third kappa shape index (κ3) is 20.8. The highest BCUT2D eigenvalue weighted by Crippen LogP contribution is 2.47. The van der Waals surface area contributed by atoms with Crippen LogP contribution in [0.3, 0.4) is 0 Å². The molecule has 4 atom stereocenters. The highest BCUT2D eigenvalue weighted by Gasteiger charge is 2.37. The summed E-state index contributed by atoms with van der Waals surface area (Å²) in [6.45, 7) is 6.38. The topological polar surface area (TPSA) is 58.2 Å². The maximum atomic E-state index is 10.4. The Kier molecular flexibility index (Phi) is 27.8. The molecule has 4 heteroatoms. The van der Waals surface area contributed by atoms with Gasteiger partial charge in [0.2, 0.25) is 12.8 Å². The summed E-state index contributed by atoms with van der Waals surface area (Å²) in [7, 11) is 0. The van der Waals surface area contributed by atoms with E-state index < -0.39 is 0 Å². The van der Waals surface area contributed by atoms with Gasteiger partial charge in [-0.05, 0) is 62.2 Å². The van der Waals surface area contributed by atoms with Crippen LogP contribution in [0.1, 0.15) is 194 Å². The molecule has 0 spiro atoms. The molecule has 0 aromatic carbocycles. The molecule has 2 amide bonds. The highest BCUT2D eigenvalue weighted by atomic mass is 16.1. The number of hydrogen-bond acceptors (Lipinski definition) is 2. The molecule has 0 aliphatic heterocycles. The average Bonchev–Trinajstić information content (AvgIpc) is 3.00. The van der Waals surface area contributed by atoms with E-state index in [1.54, 1.807) is 0 Å². The molecular formula is C38H74N2O2. The molecule has 4 nitrogen and oxygen atoms in total. The maximum absolute atomic E-state index is 10.4. The molecule has 1 rings (SSSR count). The smallest absolute Gasteiger partial charge is 0.207 e. The second kappa shape index (κ2) is 30.0. The second-order valence-corrected chi connectivity index (χ2v) is 13.8. The predicted molar refractivity (Wildman–Crippen MR) is 183 cm³/mol. The standard InChI is InChI=1S/C38H74N2O2/c1-3-5-7-14-21-27-37-35(25-19-6-4-2)29-30-36(26-20-15-10-8-12-17-23-31-39-33-41)38(37)28-22-16-11-9-13-18-24-32-40-34-42/h33-38H,3-32H2,1-2H3,(H,39,41)(H,40,42). The minimum Gasteiger partial charge on any atom is -0.359 e. The fourth-order valence-electron chi connectivity index (χ4n) is 7.94. The van der Waals surface area contributed by atoms with Crippen LogP contribution in [0.25, 0.3) is 0 Å². The Morgan fingerprint density at radius 2 is 0.738 bits per heavy atom. The van der Waals surface area contributed by atoms with Crippen molar-refractivity contribution in [2.75, 3.05) is 13.1 Å². The molecule has 42 heavy (non-hydrogen) atoms. The van der Waals surface area contributed by atoms with Gasteiger partial charge < -0.3 is 10.6 Å². The van der Waals surface area contributed by atoms with Crippen molar-refractivity contribution in [2.24, 2.45) is 23.7 Å². The molecule has 1 aliphatic carbocycles. The summed E-state index contributed by atoms with van der Waals surface area (Å²) in [5.74, 6) is 3.95. The van der Waals surface area contributed by atoms with Crippen molar-refractivity contribution < 1.29 is 9.59 Å². The van der Waals surface area contributed by atoms with Gasteiger partial charge in [-0.15, -0.1) is 0 Å². The first kappa shape index (κ1) is 39.0. The van der Waals surface area contributed by atoms with E-state index in [1.165, 1.54) is 167 Å². The third-order valence-electron chi connectivity index (χ3n) is 10.4. The van der Waals surface area contributed by atoms with Gasteiger partial charge in [-0.3, -0.25) is 9.59 Å². The molecule has 0 aromatic heterocycles. The first-order chi connectivity index (χ1) is 20.8. The van der Waals surface area contributed by atoms with Crippen LogP contribution in [0.5, 0.6) is 0 Å². The van der Waals surface area contributed by atoms with E-state index >= 15 is 0 Å². The quantitative estimate of drug-likeness (QED) is 0.0604. The summed E-state index contributed by atoms with van der Waals surface area (Å²) in [6, 6.07) is 0. The summed E-state index contributed by atoms with van der Waals surface area (Å²) in [5, 5.41) is 5.58. The molecule has 0 heterocycles. The van der Waals surface area contributed by atoms with Gasteiger partial charge in [0.05, 0.1) is 0 Å². The van der Waals surface area contributed by atoms with Gasteiger partial charge in [0, 0.05) is 13.1 Å². The predicted octanol–water partition coefficient (Wildman–Crippen LogP) is 10.9. The second-order valence-electron chi connectivity index (χ2n) is 13.8. The maximum Gasteiger partial charge on any atom is 0.207 e. The van der Waals surface area contributed by atoms with E-state index in [1.807, 2.05) is 0 Å². The molecule has 1 aliphatic rings. The van der Waals surface area contributed by atoms with Crippen LogP contribution in [0, 0.1) is 23.7 Å². The minimum atomic E-state index is 0.822. The molecule has 1 fully saturated rings. The lowest BCUT2D eigenvalue weighted by Crippen LogP contribution is -2.35. The number of carbonyl (C=O) groups is 2. The van der Waals surface area contributed by atoms with E-state index in [0.29, 0.717) is 0 Å². The Balaban J connectivity index is 2.58. The number of nitrogens with one attached hydrogen (secondary N) is 2. The highest BCUT2D eigenvalue weighted by molar-refractivity contribution is 5.45. The van der Waals surface area contributed by atoms with Crippen LogP contribution in [0.4, 0.5) is 0 Å². The molecule has 4 unspecified atom stereocenters. The lowest BCUT2D eigenvalue weighted by molar-refractivity contribution is -0.110. The zero-order valence-electron chi connectivity index (χ0n) is 28.5. The monoisotopic (exact) mass is 591 g/mol. The summed E-state index contributed by atoms with van der Waals surface area (Å²) in [4.78, 5) is 20.8. The summed E-state index contributed by atoms with van der Waals surface area (Å²) in [6.07, 6.45) is 40.6. The zero-order chi connectivity index (χ0) is 30.4. The summed E-state index contributed by atoms with van der Waals surface area (Å²) < 4.78 is 0. The normalized spacial score (nSPS) is 20.4. The van der Waals surface area contributed by atoms with Crippen molar-refractivity contribution in [3.05, 3.63) is 0 Å². The van der Waals surface area contributed by atoms with Gasteiger partial charge >= 0.3 is 0 Å². The number of rotatable bonds is 32. The Bertz CT molecular complexity index is 583. The van der Waals surface area contributed by atoms with Gasteiger partial charge in [0.25, 0.3) is 0 Å². The molecule has 0 saturated heterocycles. The Hall–Kier alpha value is -1.06. The van der Waals surface area contributed by atoms with Gasteiger partial charge in [-0.2, -0.15) is 0 Å². The summed E-state index contributed by atoms with van der Waals surface area (Å²) >= 11 is 0. The van der Waals surface area contributed by atoms with Gasteiger partial charge in [-0.1, -0.05) is 155 Å². The number of amides is 2. The number of hydrogen-bond donors (Lipinski definition) is 2. The van der Waals surface area contributed by atoms with Crippen LogP contribution in [0.2, 0.25) is 0 Å². The molecule has 0 radical (unpaired) electrons. The van der Waals surface area contributed by atoms with Crippen LogP contribution in [-0.4, -0.2) is 25.9 Å². The molecule has 2 N–H and O–H groups in total. The van der Waals surface area contributed by atoms with Crippen LogP contribution in [0.15, 0.2) is 0 Å².